The van der Waals surface area contributed by atoms with E-state index in [2.05, 4.69) is 10.4 Å². The van der Waals surface area contributed by atoms with Crippen LogP contribution in [-0.2, 0) is 16.1 Å². The lowest BCUT2D eigenvalue weighted by atomic mass is 9.92. The van der Waals surface area contributed by atoms with Gasteiger partial charge in [-0.15, -0.1) is 0 Å². The fourth-order valence-corrected chi connectivity index (χ4v) is 4.92. The van der Waals surface area contributed by atoms with Gasteiger partial charge in [-0.05, 0) is 63.8 Å². The van der Waals surface area contributed by atoms with Gasteiger partial charge < -0.3 is 10.1 Å². The zero-order chi connectivity index (χ0) is 24.5. The number of hydrogen-bond acceptors (Lipinski definition) is 5. The van der Waals surface area contributed by atoms with E-state index in [1.165, 1.54) is 23.6 Å². The summed E-state index contributed by atoms with van der Waals surface area (Å²) in [6.07, 6.45) is 6.44. The van der Waals surface area contributed by atoms with Gasteiger partial charge in [0.15, 0.2) is 5.69 Å². The molecule has 1 aromatic heterocycles. The van der Waals surface area contributed by atoms with Gasteiger partial charge in [-0.3, -0.25) is 19.2 Å². The molecule has 1 aromatic carbocycles. The maximum atomic E-state index is 13.8. The number of aryl methyl sites for hydroxylation is 2. The molecule has 182 valence electrons. The van der Waals surface area contributed by atoms with Crippen molar-refractivity contribution >= 4 is 23.5 Å². The van der Waals surface area contributed by atoms with Crippen LogP contribution in [0.2, 0.25) is 0 Å². The molecule has 0 bridgehead atoms. The molecule has 2 amide bonds. The van der Waals surface area contributed by atoms with Gasteiger partial charge in [0.2, 0.25) is 5.91 Å². The predicted octanol–water partition coefficient (Wildman–Crippen LogP) is 3.93. The number of esters is 1. The molecule has 2 heterocycles. The number of nitrogens with one attached hydrogen (secondary N) is 1. The summed E-state index contributed by atoms with van der Waals surface area (Å²) in [5, 5.41) is 7.56. The van der Waals surface area contributed by atoms with Crippen LogP contribution in [-0.4, -0.2) is 45.8 Å². The molecule has 8 heteroatoms. The minimum atomic E-state index is -1.21. The molecule has 1 saturated carbocycles. The van der Waals surface area contributed by atoms with Crippen LogP contribution < -0.4 is 10.2 Å². The molecule has 1 fully saturated rings. The van der Waals surface area contributed by atoms with E-state index >= 15 is 0 Å². The normalized spacial score (nSPS) is 21.1. The summed E-state index contributed by atoms with van der Waals surface area (Å²) in [5.74, 6) is -1.15. The second-order valence-corrected chi connectivity index (χ2v) is 9.64. The van der Waals surface area contributed by atoms with E-state index in [1.54, 1.807) is 18.7 Å². The summed E-state index contributed by atoms with van der Waals surface area (Å²) < 4.78 is 6.55. The molecule has 0 spiro atoms. The SMILES string of the molecule is CCOC(=O)c1cc2n(n1)C[C@](C)(C(=O)NC1CCCCCC1)N(c1ccc(C)c(C)c1)C2=O. The van der Waals surface area contributed by atoms with Crippen molar-refractivity contribution in [2.75, 3.05) is 11.5 Å². The Labute approximate surface area is 200 Å². The maximum absolute atomic E-state index is 13.8. The first kappa shape index (κ1) is 24.0. The Morgan fingerprint density at radius 1 is 1.12 bits per heavy atom. The number of hydrogen-bond donors (Lipinski definition) is 1. The second-order valence-electron chi connectivity index (χ2n) is 9.64. The monoisotopic (exact) mass is 466 g/mol. The van der Waals surface area contributed by atoms with E-state index in [0.717, 1.165) is 36.8 Å². The standard InChI is InChI=1S/C26H34N4O4/c1-5-34-24(32)21-15-22-23(31)30(20-13-12-17(2)18(3)14-20)26(4,16-29(22)28-21)25(33)27-19-10-8-6-7-9-11-19/h12-15,19H,5-11,16H2,1-4H3,(H,27,33)/t26-/m1/s1. The van der Waals surface area contributed by atoms with Gasteiger partial charge in [-0.1, -0.05) is 31.7 Å². The lowest BCUT2D eigenvalue weighted by Gasteiger charge is -2.43. The van der Waals surface area contributed by atoms with E-state index in [9.17, 15) is 14.4 Å². The van der Waals surface area contributed by atoms with Crippen molar-refractivity contribution in [3.63, 3.8) is 0 Å². The first-order valence-corrected chi connectivity index (χ1v) is 12.2. The largest absolute Gasteiger partial charge is 0.461 e. The van der Waals surface area contributed by atoms with Crippen molar-refractivity contribution < 1.29 is 19.1 Å². The maximum Gasteiger partial charge on any atom is 0.358 e. The third-order valence-electron chi connectivity index (χ3n) is 7.07. The van der Waals surface area contributed by atoms with Crippen LogP contribution in [0.5, 0.6) is 0 Å². The number of amides is 2. The van der Waals surface area contributed by atoms with Gasteiger partial charge in [0.05, 0.1) is 13.2 Å². The molecule has 1 atom stereocenters. The number of fused-ring (bicyclic) bond motifs is 1. The van der Waals surface area contributed by atoms with Gasteiger partial charge in [-0.25, -0.2) is 4.79 Å². The fourth-order valence-electron chi connectivity index (χ4n) is 4.92. The molecular weight excluding hydrogens is 432 g/mol. The molecule has 1 aliphatic carbocycles. The molecule has 4 rings (SSSR count). The third-order valence-corrected chi connectivity index (χ3v) is 7.07. The number of carbonyl (C=O) groups excluding carboxylic acids is 3. The van der Waals surface area contributed by atoms with Crippen molar-refractivity contribution in [2.45, 2.75) is 84.3 Å². The molecule has 0 saturated heterocycles. The molecule has 1 N–H and O–H groups in total. The highest BCUT2D eigenvalue weighted by atomic mass is 16.5. The average molecular weight is 467 g/mol. The Morgan fingerprint density at radius 3 is 2.47 bits per heavy atom. The Kier molecular flexibility index (Phi) is 6.77. The highest BCUT2D eigenvalue weighted by molar-refractivity contribution is 6.12. The van der Waals surface area contributed by atoms with E-state index < -0.39 is 11.5 Å². The Balaban J connectivity index is 1.75. The van der Waals surface area contributed by atoms with Crippen LogP contribution in [0.4, 0.5) is 5.69 Å². The number of rotatable bonds is 5. The first-order chi connectivity index (χ1) is 16.2. The van der Waals surface area contributed by atoms with Gasteiger partial charge in [-0.2, -0.15) is 5.10 Å². The molecule has 0 unspecified atom stereocenters. The Hall–Kier alpha value is -3.16. The van der Waals surface area contributed by atoms with Crippen LogP contribution in [0.1, 0.15) is 84.5 Å². The van der Waals surface area contributed by atoms with E-state index in [-0.39, 0.29) is 42.4 Å². The summed E-state index contributed by atoms with van der Waals surface area (Å²) in [6, 6.07) is 7.31. The Bertz CT molecular complexity index is 1100. The molecule has 2 aliphatic rings. The third kappa shape index (κ3) is 4.45. The number of benzene rings is 1. The topological polar surface area (TPSA) is 93.5 Å². The van der Waals surface area contributed by atoms with Crippen LogP contribution in [0.3, 0.4) is 0 Å². The van der Waals surface area contributed by atoms with Crippen LogP contribution >= 0.6 is 0 Å². The number of carbonyl (C=O) groups is 3. The molecule has 0 radical (unpaired) electrons. The van der Waals surface area contributed by atoms with Gasteiger partial charge in [0.1, 0.15) is 11.2 Å². The first-order valence-electron chi connectivity index (χ1n) is 12.2. The molecule has 1 aliphatic heterocycles. The second kappa shape index (κ2) is 9.60. The summed E-state index contributed by atoms with van der Waals surface area (Å²) in [4.78, 5) is 41.5. The van der Waals surface area contributed by atoms with Crippen LogP contribution in [0.15, 0.2) is 24.3 Å². The highest BCUT2D eigenvalue weighted by Crippen LogP contribution is 2.34. The molecule has 34 heavy (non-hydrogen) atoms. The quantitative estimate of drug-likeness (QED) is 0.532. The minimum Gasteiger partial charge on any atom is -0.461 e. The van der Waals surface area contributed by atoms with Crippen molar-refractivity contribution in [2.24, 2.45) is 0 Å². The molecular formula is C26H34N4O4. The molecule has 8 nitrogen and oxygen atoms in total. The summed E-state index contributed by atoms with van der Waals surface area (Å²) in [6.45, 7) is 7.84. The van der Waals surface area contributed by atoms with E-state index in [0.29, 0.717) is 5.69 Å². The number of anilines is 1. The van der Waals surface area contributed by atoms with E-state index in [1.807, 2.05) is 32.0 Å². The highest BCUT2D eigenvalue weighted by Gasteiger charge is 2.49. The summed E-state index contributed by atoms with van der Waals surface area (Å²) in [7, 11) is 0. The van der Waals surface area contributed by atoms with Gasteiger partial charge in [0.25, 0.3) is 5.91 Å². The van der Waals surface area contributed by atoms with Crippen molar-refractivity contribution in [3.05, 3.63) is 46.8 Å². The van der Waals surface area contributed by atoms with Gasteiger partial charge in [0, 0.05) is 17.8 Å². The van der Waals surface area contributed by atoms with Crippen molar-refractivity contribution in [3.8, 4) is 0 Å². The molecule has 2 aromatic rings. The number of nitrogens with zero attached hydrogens (tertiary/aromatic N) is 3. The Morgan fingerprint density at radius 2 is 1.82 bits per heavy atom. The van der Waals surface area contributed by atoms with Gasteiger partial charge >= 0.3 is 5.97 Å². The fraction of sp³-hybridized carbons (Fsp3) is 0.538. The smallest absolute Gasteiger partial charge is 0.358 e. The predicted molar refractivity (Wildman–Crippen MR) is 129 cm³/mol. The number of ether oxygens (including phenoxy) is 1. The zero-order valence-electron chi connectivity index (χ0n) is 20.5. The van der Waals surface area contributed by atoms with E-state index in [4.69, 9.17) is 4.74 Å². The van der Waals surface area contributed by atoms with Crippen molar-refractivity contribution in [1.82, 2.24) is 15.1 Å². The summed E-state index contributed by atoms with van der Waals surface area (Å²) >= 11 is 0. The minimum absolute atomic E-state index is 0.0682. The summed E-state index contributed by atoms with van der Waals surface area (Å²) in [5.41, 5.74) is 1.91. The lowest BCUT2D eigenvalue weighted by Crippen LogP contribution is -2.65. The number of aromatic nitrogens is 2. The lowest BCUT2D eigenvalue weighted by molar-refractivity contribution is -0.127. The van der Waals surface area contributed by atoms with Crippen LogP contribution in [0, 0.1) is 13.8 Å². The van der Waals surface area contributed by atoms with Crippen molar-refractivity contribution in [1.29, 1.82) is 0 Å². The average Bonchev–Trinajstić information content (AvgIpc) is 3.05. The zero-order valence-corrected chi connectivity index (χ0v) is 20.5. The van der Waals surface area contributed by atoms with Crippen LogP contribution in [0.25, 0.3) is 0 Å².